The SMILES string of the molecule is NCCC(=O)NCC1CCCCN1C(=O)C1CC1c1ccc2c(c1)OCCO2. The van der Waals surface area contributed by atoms with Gasteiger partial charge in [-0.3, -0.25) is 9.59 Å². The second-order valence-electron chi connectivity index (χ2n) is 7.88. The highest BCUT2D eigenvalue weighted by molar-refractivity contribution is 5.83. The maximum atomic E-state index is 13.2. The molecule has 1 aliphatic carbocycles. The zero-order valence-electron chi connectivity index (χ0n) is 16.2. The van der Waals surface area contributed by atoms with Gasteiger partial charge in [0.2, 0.25) is 11.8 Å². The fraction of sp³-hybridized carbons (Fsp3) is 0.619. The first kappa shape index (κ1) is 19.1. The van der Waals surface area contributed by atoms with Crippen LogP contribution in [-0.2, 0) is 9.59 Å². The molecule has 0 spiro atoms. The molecule has 4 rings (SSSR count). The van der Waals surface area contributed by atoms with E-state index in [0.29, 0.717) is 32.7 Å². The first-order valence-electron chi connectivity index (χ1n) is 10.3. The number of rotatable bonds is 6. The van der Waals surface area contributed by atoms with E-state index in [1.54, 1.807) is 0 Å². The van der Waals surface area contributed by atoms with Crippen LogP contribution in [0.4, 0.5) is 0 Å². The van der Waals surface area contributed by atoms with Crippen LogP contribution in [0.15, 0.2) is 18.2 Å². The van der Waals surface area contributed by atoms with E-state index < -0.39 is 0 Å². The van der Waals surface area contributed by atoms with E-state index in [2.05, 4.69) is 5.32 Å². The minimum atomic E-state index is -0.0407. The third kappa shape index (κ3) is 4.09. The number of hydrogen-bond donors (Lipinski definition) is 2. The second-order valence-corrected chi connectivity index (χ2v) is 7.88. The first-order chi connectivity index (χ1) is 13.7. The summed E-state index contributed by atoms with van der Waals surface area (Å²) in [6, 6.07) is 6.10. The smallest absolute Gasteiger partial charge is 0.226 e. The van der Waals surface area contributed by atoms with Crippen LogP contribution in [0.2, 0.25) is 0 Å². The Morgan fingerprint density at radius 1 is 1.18 bits per heavy atom. The van der Waals surface area contributed by atoms with Gasteiger partial charge in [0, 0.05) is 38.0 Å². The van der Waals surface area contributed by atoms with Crippen molar-refractivity contribution in [3.8, 4) is 11.5 Å². The van der Waals surface area contributed by atoms with Gasteiger partial charge in [-0.15, -0.1) is 0 Å². The van der Waals surface area contributed by atoms with E-state index in [1.807, 2.05) is 23.1 Å². The van der Waals surface area contributed by atoms with Gasteiger partial charge < -0.3 is 25.4 Å². The van der Waals surface area contributed by atoms with Crippen molar-refractivity contribution < 1.29 is 19.1 Å². The number of amides is 2. The molecule has 7 heteroatoms. The molecule has 3 atom stereocenters. The van der Waals surface area contributed by atoms with Crippen LogP contribution >= 0.6 is 0 Å². The molecule has 1 aromatic rings. The largest absolute Gasteiger partial charge is 0.486 e. The van der Waals surface area contributed by atoms with Crippen molar-refractivity contribution in [1.29, 1.82) is 0 Å². The minimum absolute atomic E-state index is 0.0305. The average molecular weight is 387 g/mol. The molecule has 3 unspecified atom stereocenters. The molecule has 1 saturated carbocycles. The van der Waals surface area contributed by atoms with E-state index in [4.69, 9.17) is 15.2 Å². The molecular formula is C21H29N3O4. The standard InChI is InChI=1S/C21H29N3O4/c22-7-6-20(25)23-13-15-3-1-2-8-24(15)21(26)17-12-16(17)14-4-5-18-19(11-14)28-10-9-27-18/h4-5,11,15-17H,1-3,6-10,12-13,22H2,(H,23,25). The summed E-state index contributed by atoms with van der Waals surface area (Å²) in [7, 11) is 0. The Labute approximate surface area is 165 Å². The molecule has 7 nitrogen and oxygen atoms in total. The molecule has 2 aliphatic heterocycles. The van der Waals surface area contributed by atoms with Crippen molar-refractivity contribution in [2.75, 3.05) is 32.8 Å². The van der Waals surface area contributed by atoms with Crippen molar-refractivity contribution in [3.05, 3.63) is 23.8 Å². The maximum absolute atomic E-state index is 13.2. The molecule has 2 fully saturated rings. The second kappa shape index (κ2) is 8.39. The van der Waals surface area contributed by atoms with Gasteiger partial charge in [-0.25, -0.2) is 0 Å². The van der Waals surface area contributed by atoms with Crippen LogP contribution in [0.5, 0.6) is 11.5 Å². The van der Waals surface area contributed by atoms with Gasteiger partial charge in [0.25, 0.3) is 0 Å². The van der Waals surface area contributed by atoms with Crippen LogP contribution in [0.25, 0.3) is 0 Å². The van der Waals surface area contributed by atoms with Crippen molar-refractivity contribution in [1.82, 2.24) is 10.2 Å². The molecular weight excluding hydrogens is 358 g/mol. The summed E-state index contributed by atoms with van der Waals surface area (Å²) >= 11 is 0. The topological polar surface area (TPSA) is 93.9 Å². The van der Waals surface area contributed by atoms with Gasteiger partial charge in [0.05, 0.1) is 0 Å². The molecule has 0 bridgehead atoms. The number of nitrogens with two attached hydrogens (primary N) is 1. The van der Waals surface area contributed by atoms with E-state index in [9.17, 15) is 9.59 Å². The Bertz CT molecular complexity index is 738. The summed E-state index contributed by atoms with van der Waals surface area (Å²) in [4.78, 5) is 26.9. The molecule has 2 heterocycles. The Kier molecular flexibility index (Phi) is 5.71. The van der Waals surface area contributed by atoms with Gasteiger partial charge in [-0.05, 0) is 49.3 Å². The Hall–Kier alpha value is -2.28. The number of ether oxygens (including phenoxy) is 2. The lowest BCUT2D eigenvalue weighted by molar-refractivity contribution is -0.137. The molecule has 0 radical (unpaired) electrons. The molecule has 3 N–H and O–H groups in total. The van der Waals surface area contributed by atoms with Crippen molar-refractivity contribution >= 4 is 11.8 Å². The van der Waals surface area contributed by atoms with E-state index >= 15 is 0 Å². The zero-order valence-corrected chi connectivity index (χ0v) is 16.2. The van der Waals surface area contributed by atoms with Crippen molar-refractivity contribution in [3.63, 3.8) is 0 Å². The maximum Gasteiger partial charge on any atom is 0.226 e. The van der Waals surface area contributed by atoms with E-state index in [-0.39, 0.29) is 29.7 Å². The average Bonchev–Trinajstić information content (AvgIpc) is 3.53. The number of benzene rings is 1. The number of likely N-dealkylation sites (tertiary alicyclic amines) is 1. The van der Waals surface area contributed by atoms with Gasteiger partial charge >= 0.3 is 0 Å². The molecule has 1 saturated heterocycles. The van der Waals surface area contributed by atoms with Crippen LogP contribution in [0.3, 0.4) is 0 Å². The highest BCUT2D eigenvalue weighted by atomic mass is 16.6. The number of piperidine rings is 1. The lowest BCUT2D eigenvalue weighted by Crippen LogP contribution is -2.50. The highest BCUT2D eigenvalue weighted by Gasteiger charge is 2.47. The number of carbonyl (C=O) groups excluding carboxylic acids is 2. The predicted molar refractivity (Wildman–Crippen MR) is 104 cm³/mol. The Morgan fingerprint density at radius 2 is 2.00 bits per heavy atom. The molecule has 28 heavy (non-hydrogen) atoms. The quantitative estimate of drug-likeness (QED) is 0.770. The molecule has 2 amide bonds. The predicted octanol–water partition coefficient (Wildman–Crippen LogP) is 1.41. The van der Waals surface area contributed by atoms with E-state index in [0.717, 1.165) is 49.3 Å². The fourth-order valence-electron chi connectivity index (χ4n) is 4.29. The normalized spacial score (nSPS) is 25.9. The number of hydrogen-bond acceptors (Lipinski definition) is 5. The van der Waals surface area contributed by atoms with Crippen molar-refractivity contribution in [2.45, 2.75) is 44.1 Å². The van der Waals surface area contributed by atoms with Gasteiger partial charge in [0.1, 0.15) is 13.2 Å². The fourth-order valence-corrected chi connectivity index (χ4v) is 4.29. The minimum Gasteiger partial charge on any atom is -0.486 e. The zero-order chi connectivity index (χ0) is 19.5. The van der Waals surface area contributed by atoms with Crippen molar-refractivity contribution in [2.24, 2.45) is 11.7 Å². The van der Waals surface area contributed by atoms with E-state index in [1.165, 1.54) is 0 Å². The number of carbonyl (C=O) groups is 2. The molecule has 1 aromatic carbocycles. The number of nitrogens with zero attached hydrogens (tertiary/aromatic N) is 1. The van der Waals surface area contributed by atoms with Crippen LogP contribution < -0.4 is 20.5 Å². The summed E-state index contributed by atoms with van der Waals surface area (Å²) in [6.07, 6.45) is 4.27. The molecule has 152 valence electrons. The molecule has 3 aliphatic rings. The summed E-state index contributed by atoms with van der Waals surface area (Å²) in [6.45, 7) is 2.79. The van der Waals surface area contributed by atoms with Crippen LogP contribution in [0, 0.1) is 5.92 Å². The lowest BCUT2D eigenvalue weighted by atomic mass is 10.0. The highest BCUT2D eigenvalue weighted by Crippen LogP contribution is 2.50. The number of fused-ring (bicyclic) bond motifs is 1. The summed E-state index contributed by atoms with van der Waals surface area (Å²) in [5, 5.41) is 2.93. The third-order valence-electron chi connectivity index (χ3n) is 5.92. The summed E-state index contributed by atoms with van der Waals surface area (Å²) < 4.78 is 11.3. The summed E-state index contributed by atoms with van der Waals surface area (Å²) in [5.74, 6) is 2.02. The first-order valence-corrected chi connectivity index (χ1v) is 10.3. The Balaban J connectivity index is 1.37. The van der Waals surface area contributed by atoms with Crippen LogP contribution in [0.1, 0.15) is 43.6 Å². The Morgan fingerprint density at radius 3 is 2.82 bits per heavy atom. The van der Waals surface area contributed by atoms with Gasteiger partial charge in [-0.1, -0.05) is 6.07 Å². The molecule has 0 aromatic heterocycles. The van der Waals surface area contributed by atoms with Gasteiger partial charge in [-0.2, -0.15) is 0 Å². The monoisotopic (exact) mass is 387 g/mol. The van der Waals surface area contributed by atoms with Crippen LogP contribution in [-0.4, -0.2) is 55.6 Å². The van der Waals surface area contributed by atoms with Gasteiger partial charge in [0.15, 0.2) is 11.5 Å². The lowest BCUT2D eigenvalue weighted by Gasteiger charge is -2.36. The summed E-state index contributed by atoms with van der Waals surface area (Å²) in [5.41, 5.74) is 6.58. The third-order valence-corrected chi connectivity index (χ3v) is 5.92. The number of nitrogens with one attached hydrogen (secondary N) is 1.